The molecule has 88 valence electrons. The van der Waals surface area contributed by atoms with Gasteiger partial charge < -0.3 is 8.98 Å². The molecule has 0 aliphatic carbocycles. The Bertz CT molecular complexity index is 884. The van der Waals surface area contributed by atoms with E-state index in [1.54, 1.807) is 23.7 Å². The van der Waals surface area contributed by atoms with Gasteiger partial charge in [0, 0.05) is 23.5 Å². The number of halogens is 1. The lowest BCUT2D eigenvalue weighted by Crippen LogP contribution is -2.04. The van der Waals surface area contributed by atoms with E-state index >= 15 is 0 Å². The van der Waals surface area contributed by atoms with Gasteiger partial charge in [-0.1, -0.05) is 11.6 Å². The van der Waals surface area contributed by atoms with E-state index in [-0.39, 0.29) is 11.2 Å². The molecule has 2 aromatic heterocycles. The second-order valence-electron chi connectivity index (χ2n) is 3.98. The number of aryl methyl sites for hydroxylation is 1. The fourth-order valence-electron chi connectivity index (χ4n) is 2.15. The number of hydrogen-bond acceptors (Lipinski definition) is 3. The molecule has 4 nitrogen and oxygen atoms in total. The maximum atomic E-state index is 12.0. The number of hydrogen-bond donors (Lipinski definition) is 0. The Morgan fingerprint density at radius 1 is 1.39 bits per heavy atom. The van der Waals surface area contributed by atoms with Crippen LogP contribution in [0.3, 0.4) is 0 Å². The fraction of sp³-hybridized carbons (Fsp3) is 0.0769. The Labute approximate surface area is 107 Å². The molecule has 0 saturated carbocycles. The average molecular weight is 259 g/mol. The van der Waals surface area contributed by atoms with Crippen molar-refractivity contribution in [2.45, 2.75) is 0 Å². The maximum absolute atomic E-state index is 12.0. The van der Waals surface area contributed by atoms with E-state index in [0.717, 1.165) is 10.9 Å². The second-order valence-corrected chi connectivity index (χ2v) is 4.42. The van der Waals surface area contributed by atoms with Crippen LogP contribution in [0.15, 0.2) is 33.5 Å². The number of fused-ring (bicyclic) bond motifs is 3. The van der Waals surface area contributed by atoms with Gasteiger partial charge in [-0.3, -0.25) is 4.79 Å². The minimum Gasteiger partial charge on any atom is -0.443 e. The average Bonchev–Trinajstić information content (AvgIpc) is 2.63. The minimum absolute atomic E-state index is 0.0000227. The predicted molar refractivity (Wildman–Crippen MR) is 68.7 cm³/mol. The first kappa shape index (κ1) is 10.9. The van der Waals surface area contributed by atoms with Crippen LogP contribution in [0, 0.1) is 11.3 Å². The molecule has 0 unspecified atom stereocenters. The smallest absolute Gasteiger partial charge is 0.210 e. The third kappa shape index (κ3) is 1.35. The van der Waals surface area contributed by atoms with Crippen molar-refractivity contribution in [3.05, 3.63) is 45.3 Å². The van der Waals surface area contributed by atoms with Crippen LogP contribution in [0.1, 0.15) is 5.76 Å². The second kappa shape index (κ2) is 3.62. The van der Waals surface area contributed by atoms with Gasteiger partial charge in [0.1, 0.15) is 11.6 Å². The summed E-state index contributed by atoms with van der Waals surface area (Å²) in [6.45, 7) is 0. The van der Waals surface area contributed by atoms with Gasteiger partial charge in [0.2, 0.25) is 11.2 Å². The lowest BCUT2D eigenvalue weighted by Gasteiger charge is -1.95. The molecule has 1 aromatic carbocycles. The highest BCUT2D eigenvalue weighted by Crippen LogP contribution is 2.28. The number of rotatable bonds is 0. The van der Waals surface area contributed by atoms with Crippen molar-refractivity contribution >= 4 is 33.6 Å². The molecule has 18 heavy (non-hydrogen) atoms. The molecule has 0 saturated heterocycles. The third-order valence-electron chi connectivity index (χ3n) is 2.93. The van der Waals surface area contributed by atoms with Crippen LogP contribution < -0.4 is 5.43 Å². The molecule has 3 aromatic rings. The van der Waals surface area contributed by atoms with Crippen LogP contribution in [0.2, 0.25) is 5.02 Å². The molecule has 0 bridgehead atoms. The quantitative estimate of drug-likeness (QED) is 0.623. The molecule has 3 rings (SSSR count). The van der Waals surface area contributed by atoms with Crippen LogP contribution in [-0.4, -0.2) is 4.57 Å². The highest BCUT2D eigenvalue weighted by atomic mass is 35.5. The summed E-state index contributed by atoms with van der Waals surface area (Å²) in [5.74, 6) is -0.0000227. The summed E-state index contributed by atoms with van der Waals surface area (Å²) in [7, 11) is 1.78. The lowest BCUT2D eigenvalue weighted by molar-refractivity contribution is 0.588. The Hall–Kier alpha value is -2.25. The van der Waals surface area contributed by atoms with E-state index in [9.17, 15) is 4.79 Å². The van der Waals surface area contributed by atoms with Crippen molar-refractivity contribution in [2.24, 2.45) is 7.05 Å². The number of aromatic nitrogens is 1. The highest BCUT2D eigenvalue weighted by molar-refractivity contribution is 6.31. The van der Waals surface area contributed by atoms with Crippen molar-refractivity contribution in [1.82, 2.24) is 4.57 Å². The summed E-state index contributed by atoms with van der Waals surface area (Å²) in [5, 5.41) is 10.1. The Balaban J connectivity index is 2.66. The first-order valence-electron chi connectivity index (χ1n) is 5.23. The molecule has 2 heterocycles. The molecule has 0 N–H and O–H groups in total. The zero-order valence-corrected chi connectivity index (χ0v) is 10.2. The SMILES string of the molecule is Cn1c2ccc(Cl)cc2c2oc(C#N)cc(=O)c21. The monoisotopic (exact) mass is 258 g/mol. The maximum Gasteiger partial charge on any atom is 0.210 e. The fourth-order valence-corrected chi connectivity index (χ4v) is 2.32. The van der Waals surface area contributed by atoms with Gasteiger partial charge in [0.05, 0.1) is 5.52 Å². The first-order valence-corrected chi connectivity index (χ1v) is 5.61. The largest absolute Gasteiger partial charge is 0.443 e. The van der Waals surface area contributed by atoms with Crippen molar-refractivity contribution in [1.29, 1.82) is 5.26 Å². The van der Waals surface area contributed by atoms with Crippen LogP contribution in [0.25, 0.3) is 22.0 Å². The molecular formula is C13H7ClN2O2. The molecule has 5 heteroatoms. The van der Waals surface area contributed by atoms with Crippen LogP contribution in [0.4, 0.5) is 0 Å². The Morgan fingerprint density at radius 2 is 2.17 bits per heavy atom. The van der Waals surface area contributed by atoms with E-state index in [2.05, 4.69) is 0 Å². The third-order valence-corrected chi connectivity index (χ3v) is 3.17. The van der Waals surface area contributed by atoms with E-state index in [4.69, 9.17) is 21.3 Å². The molecule has 0 atom stereocenters. The highest BCUT2D eigenvalue weighted by Gasteiger charge is 2.14. The topological polar surface area (TPSA) is 58.9 Å². The normalized spacial score (nSPS) is 10.9. The van der Waals surface area contributed by atoms with Gasteiger partial charge in [-0.25, -0.2) is 0 Å². The van der Waals surface area contributed by atoms with Crippen LogP contribution in [-0.2, 0) is 7.05 Å². The van der Waals surface area contributed by atoms with Crippen LogP contribution in [0.5, 0.6) is 0 Å². The van der Waals surface area contributed by atoms with Gasteiger partial charge in [0.15, 0.2) is 5.58 Å². The van der Waals surface area contributed by atoms with Crippen molar-refractivity contribution in [2.75, 3.05) is 0 Å². The Morgan fingerprint density at radius 3 is 2.89 bits per heavy atom. The summed E-state index contributed by atoms with van der Waals surface area (Å²) >= 11 is 5.95. The van der Waals surface area contributed by atoms with Gasteiger partial charge in [-0.05, 0) is 18.2 Å². The summed E-state index contributed by atoms with van der Waals surface area (Å²) in [6.07, 6.45) is 0. The van der Waals surface area contributed by atoms with E-state index < -0.39 is 0 Å². The molecule has 0 radical (unpaired) electrons. The molecule has 0 aliphatic rings. The van der Waals surface area contributed by atoms with Gasteiger partial charge >= 0.3 is 0 Å². The summed E-state index contributed by atoms with van der Waals surface area (Å²) in [4.78, 5) is 12.0. The zero-order valence-electron chi connectivity index (χ0n) is 9.40. The van der Waals surface area contributed by atoms with E-state index in [1.165, 1.54) is 6.07 Å². The number of benzene rings is 1. The molecule has 0 spiro atoms. The molecule has 0 aliphatic heterocycles. The standard InChI is InChI=1S/C13H7ClN2O2/c1-16-10-3-2-7(14)4-9(10)13-12(16)11(17)5-8(6-15)18-13/h2-5H,1H3. The molecular weight excluding hydrogens is 252 g/mol. The van der Waals surface area contributed by atoms with Gasteiger partial charge in [-0.15, -0.1) is 0 Å². The number of nitriles is 1. The van der Waals surface area contributed by atoms with E-state index in [0.29, 0.717) is 16.1 Å². The first-order chi connectivity index (χ1) is 8.61. The van der Waals surface area contributed by atoms with Crippen molar-refractivity contribution in [3.8, 4) is 6.07 Å². The number of nitrogens with zero attached hydrogens (tertiary/aromatic N) is 2. The molecule has 0 amide bonds. The summed E-state index contributed by atoms with van der Waals surface area (Å²) < 4.78 is 7.18. The van der Waals surface area contributed by atoms with Crippen molar-refractivity contribution < 1.29 is 4.42 Å². The summed E-state index contributed by atoms with van der Waals surface area (Å²) in [6, 6.07) is 8.33. The lowest BCUT2D eigenvalue weighted by atomic mass is 10.2. The van der Waals surface area contributed by atoms with Gasteiger partial charge in [-0.2, -0.15) is 5.26 Å². The molecule has 0 fully saturated rings. The van der Waals surface area contributed by atoms with Crippen LogP contribution >= 0.6 is 11.6 Å². The summed E-state index contributed by atoms with van der Waals surface area (Å²) in [5.41, 5.74) is 1.44. The van der Waals surface area contributed by atoms with E-state index in [1.807, 2.05) is 12.1 Å². The minimum atomic E-state index is -0.234. The van der Waals surface area contributed by atoms with Crippen molar-refractivity contribution in [3.63, 3.8) is 0 Å². The Kier molecular flexibility index (Phi) is 2.19. The van der Waals surface area contributed by atoms with Gasteiger partial charge in [0.25, 0.3) is 0 Å². The zero-order chi connectivity index (χ0) is 12.9. The predicted octanol–water partition coefficient (Wildman–Crippen LogP) is 2.81.